The predicted octanol–water partition coefficient (Wildman–Crippen LogP) is 5.61. The quantitative estimate of drug-likeness (QED) is 0.598. The van der Waals surface area contributed by atoms with Crippen LogP contribution in [0.3, 0.4) is 0 Å². The first-order valence-electron chi connectivity index (χ1n) is 6.40. The Labute approximate surface area is 140 Å². The van der Waals surface area contributed by atoms with Crippen LogP contribution in [0.5, 0.6) is 17.2 Å². The molecule has 0 aromatic heterocycles. The highest BCUT2D eigenvalue weighted by molar-refractivity contribution is 9.11. The molecule has 0 bridgehead atoms. The van der Waals surface area contributed by atoms with Gasteiger partial charge in [0.1, 0.15) is 17.2 Å². The number of benzene rings is 2. The monoisotopic (exact) mass is 412 g/mol. The predicted molar refractivity (Wildman–Crippen MR) is 89.5 cm³/mol. The van der Waals surface area contributed by atoms with Crippen molar-refractivity contribution in [2.24, 2.45) is 0 Å². The van der Waals surface area contributed by atoms with Crippen LogP contribution >= 0.6 is 31.9 Å². The molecule has 2 rings (SSSR count). The summed E-state index contributed by atoms with van der Waals surface area (Å²) >= 11 is 6.87. The lowest BCUT2D eigenvalue weighted by atomic mass is 10.1. The molecular formula is C16H14Br2O3. The van der Waals surface area contributed by atoms with Crippen molar-refractivity contribution in [3.63, 3.8) is 0 Å². The molecule has 2 aromatic carbocycles. The number of Topliss-reactive ketones (excluding diaryl/α,β-unsaturated/α-hetero) is 1. The number of ketones is 1. The van der Waals surface area contributed by atoms with Gasteiger partial charge in [-0.05, 0) is 56.1 Å². The van der Waals surface area contributed by atoms with Gasteiger partial charge < -0.3 is 9.47 Å². The summed E-state index contributed by atoms with van der Waals surface area (Å²) in [4.78, 5) is 12.0. The first-order chi connectivity index (χ1) is 10.1. The smallest absolute Gasteiger partial charge is 0.166 e. The largest absolute Gasteiger partial charge is 0.496 e. The van der Waals surface area contributed by atoms with Gasteiger partial charge in [-0.15, -0.1) is 0 Å². The molecule has 3 nitrogen and oxygen atoms in total. The molecule has 0 aliphatic carbocycles. The Balaban J connectivity index is 2.39. The molecule has 0 heterocycles. The van der Waals surface area contributed by atoms with Crippen LogP contribution < -0.4 is 9.47 Å². The molecule has 2 aromatic rings. The third-order valence-electron chi connectivity index (χ3n) is 2.93. The number of hydrogen-bond acceptors (Lipinski definition) is 3. The number of para-hydroxylation sites is 1. The van der Waals surface area contributed by atoms with E-state index in [1.54, 1.807) is 25.3 Å². The van der Waals surface area contributed by atoms with Crippen LogP contribution in [-0.4, -0.2) is 12.9 Å². The van der Waals surface area contributed by atoms with E-state index in [9.17, 15) is 4.79 Å². The lowest BCUT2D eigenvalue weighted by Crippen LogP contribution is -2.00. The normalized spacial score (nSPS) is 10.3. The van der Waals surface area contributed by atoms with E-state index < -0.39 is 0 Å². The molecule has 0 aliphatic heterocycles. The van der Waals surface area contributed by atoms with Crippen molar-refractivity contribution in [3.05, 3.63) is 50.9 Å². The van der Waals surface area contributed by atoms with Crippen LogP contribution in [0.4, 0.5) is 0 Å². The highest BCUT2D eigenvalue weighted by Gasteiger charge is 2.14. The molecule has 0 aliphatic rings. The van der Waals surface area contributed by atoms with Gasteiger partial charge in [0.25, 0.3) is 0 Å². The third kappa shape index (κ3) is 3.66. The molecule has 0 N–H and O–H groups in total. The highest BCUT2D eigenvalue weighted by Crippen LogP contribution is 2.38. The van der Waals surface area contributed by atoms with Gasteiger partial charge in [0.15, 0.2) is 5.78 Å². The lowest BCUT2D eigenvalue weighted by Gasteiger charge is -2.13. The Morgan fingerprint density at radius 2 is 1.67 bits per heavy atom. The molecule has 0 fully saturated rings. The zero-order valence-corrected chi connectivity index (χ0v) is 14.8. The summed E-state index contributed by atoms with van der Waals surface area (Å²) in [5, 5.41) is 0. The average Bonchev–Trinajstić information content (AvgIpc) is 2.50. The van der Waals surface area contributed by atoms with Crippen LogP contribution in [0.25, 0.3) is 0 Å². The maximum atomic E-state index is 12.0. The summed E-state index contributed by atoms with van der Waals surface area (Å²) in [5.74, 6) is 1.91. The van der Waals surface area contributed by atoms with Crippen molar-refractivity contribution >= 4 is 37.6 Å². The minimum Gasteiger partial charge on any atom is -0.496 e. The molecule has 0 atom stereocenters. The highest BCUT2D eigenvalue weighted by atomic mass is 79.9. The van der Waals surface area contributed by atoms with Crippen molar-refractivity contribution in [2.75, 3.05) is 7.11 Å². The number of ether oxygens (including phenoxy) is 2. The van der Waals surface area contributed by atoms with Gasteiger partial charge in [-0.25, -0.2) is 0 Å². The topological polar surface area (TPSA) is 35.5 Å². The molecule has 0 amide bonds. The molecular weight excluding hydrogens is 400 g/mol. The fourth-order valence-electron chi connectivity index (χ4n) is 1.84. The van der Waals surface area contributed by atoms with Gasteiger partial charge in [-0.1, -0.05) is 19.1 Å². The van der Waals surface area contributed by atoms with Crippen molar-refractivity contribution in [1.29, 1.82) is 0 Å². The van der Waals surface area contributed by atoms with Crippen molar-refractivity contribution in [3.8, 4) is 17.2 Å². The second kappa shape index (κ2) is 7.09. The summed E-state index contributed by atoms with van der Waals surface area (Å²) in [6, 6.07) is 10.8. The molecule has 21 heavy (non-hydrogen) atoms. The van der Waals surface area contributed by atoms with Crippen molar-refractivity contribution < 1.29 is 14.3 Å². The SMILES string of the molecule is CCC(=O)c1ccccc1Oc1cc(Br)c(OC)cc1Br. The Hall–Kier alpha value is -1.33. The van der Waals surface area contributed by atoms with E-state index >= 15 is 0 Å². The number of rotatable bonds is 5. The third-order valence-corrected chi connectivity index (χ3v) is 4.17. The Morgan fingerprint density at radius 3 is 2.33 bits per heavy atom. The molecule has 5 heteroatoms. The van der Waals surface area contributed by atoms with Gasteiger partial charge >= 0.3 is 0 Å². The minimum absolute atomic E-state index is 0.0503. The zero-order chi connectivity index (χ0) is 15.4. The summed E-state index contributed by atoms with van der Waals surface area (Å²) in [5.41, 5.74) is 0.582. The first-order valence-corrected chi connectivity index (χ1v) is 7.98. The van der Waals surface area contributed by atoms with Gasteiger partial charge in [-0.3, -0.25) is 4.79 Å². The standard InChI is InChI=1S/C16H14Br2O3/c1-3-13(19)10-6-4-5-7-14(10)21-16-9-11(17)15(20-2)8-12(16)18/h4-9H,3H2,1-2H3. The zero-order valence-electron chi connectivity index (χ0n) is 11.7. The number of halogens is 2. The van der Waals surface area contributed by atoms with E-state index in [2.05, 4.69) is 31.9 Å². The summed E-state index contributed by atoms with van der Waals surface area (Å²) in [6.45, 7) is 1.83. The van der Waals surface area contributed by atoms with Gasteiger partial charge in [0.2, 0.25) is 0 Å². The Bertz CT molecular complexity index is 669. The molecule has 110 valence electrons. The molecule has 0 spiro atoms. The number of carbonyl (C=O) groups is 1. The summed E-state index contributed by atoms with van der Waals surface area (Å²) < 4.78 is 12.6. The van der Waals surface area contributed by atoms with Crippen LogP contribution in [0.2, 0.25) is 0 Å². The average molecular weight is 414 g/mol. The summed E-state index contributed by atoms with van der Waals surface area (Å²) in [6.07, 6.45) is 0.438. The second-order valence-corrected chi connectivity index (χ2v) is 6.00. The lowest BCUT2D eigenvalue weighted by molar-refractivity contribution is 0.0986. The number of carbonyl (C=O) groups excluding carboxylic acids is 1. The Kier molecular flexibility index (Phi) is 5.42. The fourth-order valence-corrected chi connectivity index (χ4v) is 2.73. The molecule has 0 saturated heterocycles. The first kappa shape index (κ1) is 16.0. The maximum absolute atomic E-state index is 12.0. The van der Waals surface area contributed by atoms with Crippen LogP contribution in [-0.2, 0) is 0 Å². The van der Waals surface area contributed by atoms with E-state index in [4.69, 9.17) is 9.47 Å². The molecule has 0 saturated carbocycles. The maximum Gasteiger partial charge on any atom is 0.166 e. The minimum atomic E-state index is 0.0503. The van der Waals surface area contributed by atoms with Gasteiger partial charge in [0, 0.05) is 6.42 Å². The number of methoxy groups -OCH3 is 1. The van der Waals surface area contributed by atoms with Crippen molar-refractivity contribution in [1.82, 2.24) is 0 Å². The fraction of sp³-hybridized carbons (Fsp3) is 0.188. The van der Waals surface area contributed by atoms with Crippen LogP contribution in [0, 0.1) is 0 Å². The Morgan fingerprint density at radius 1 is 1.05 bits per heavy atom. The van der Waals surface area contributed by atoms with E-state index in [-0.39, 0.29) is 5.78 Å². The van der Waals surface area contributed by atoms with E-state index in [1.165, 1.54) is 0 Å². The van der Waals surface area contributed by atoms with Crippen molar-refractivity contribution in [2.45, 2.75) is 13.3 Å². The van der Waals surface area contributed by atoms with E-state index in [1.807, 2.05) is 25.1 Å². The number of hydrogen-bond donors (Lipinski definition) is 0. The van der Waals surface area contributed by atoms with E-state index in [0.29, 0.717) is 29.2 Å². The van der Waals surface area contributed by atoms with E-state index in [0.717, 1.165) is 8.95 Å². The van der Waals surface area contributed by atoms with Gasteiger partial charge in [0.05, 0.1) is 21.6 Å². The molecule has 0 radical (unpaired) electrons. The van der Waals surface area contributed by atoms with Gasteiger partial charge in [-0.2, -0.15) is 0 Å². The van der Waals surface area contributed by atoms with Crippen LogP contribution in [0.15, 0.2) is 45.3 Å². The van der Waals surface area contributed by atoms with Crippen LogP contribution in [0.1, 0.15) is 23.7 Å². The summed E-state index contributed by atoms with van der Waals surface area (Å²) in [7, 11) is 1.60. The second-order valence-electron chi connectivity index (χ2n) is 4.29. The molecule has 0 unspecified atom stereocenters.